The van der Waals surface area contributed by atoms with Crippen LogP contribution < -0.4 is 5.73 Å². The van der Waals surface area contributed by atoms with Crippen molar-refractivity contribution in [2.45, 2.75) is 19.3 Å². The maximum atomic E-state index is 5.68. The highest BCUT2D eigenvalue weighted by atomic mass is 16.5. The molecule has 1 aromatic rings. The van der Waals surface area contributed by atoms with E-state index in [1.165, 1.54) is 0 Å². The van der Waals surface area contributed by atoms with Gasteiger partial charge in [0.25, 0.3) is 0 Å². The van der Waals surface area contributed by atoms with E-state index >= 15 is 0 Å². The van der Waals surface area contributed by atoms with Gasteiger partial charge >= 0.3 is 0 Å². The van der Waals surface area contributed by atoms with E-state index < -0.39 is 0 Å². The molecule has 1 aliphatic heterocycles. The quantitative estimate of drug-likeness (QED) is 0.815. The lowest BCUT2D eigenvalue weighted by atomic mass is 10.1. The fourth-order valence-corrected chi connectivity index (χ4v) is 1.86. The van der Waals surface area contributed by atoms with Gasteiger partial charge in [-0.25, -0.2) is 4.98 Å². The molecule has 5 nitrogen and oxygen atoms in total. The number of oxazole rings is 1. The topological polar surface area (TPSA) is 64.5 Å². The molecule has 0 bridgehead atoms. The van der Waals surface area contributed by atoms with Crippen LogP contribution >= 0.6 is 0 Å². The SMILES string of the molecule is CC(CN)c1cnc(CCN2CCOCC2)o1. The number of rotatable bonds is 5. The molecule has 1 fully saturated rings. The molecule has 1 aromatic heterocycles. The van der Waals surface area contributed by atoms with E-state index in [4.69, 9.17) is 14.9 Å². The van der Waals surface area contributed by atoms with E-state index in [-0.39, 0.29) is 5.92 Å². The molecule has 0 aliphatic carbocycles. The van der Waals surface area contributed by atoms with E-state index in [2.05, 4.69) is 9.88 Å². The molecule has 2 N–H and O–H groups in total. The van der Waals surface area contributed by atoms with Crippen molar-refractivity contribution in [1.82, 2.24) is 9.88 Å². The summed E-state index contributed by atoms with van der Waals surface area (Å²) in [6.07, 6.45) is 2.66. The predicted octanol–water partition coefficient (Wildman–Crippen LogP) is 0.611. The smallest absolute Gasteiger partial charge is 0.195 e. The zero-order chi connectivity index (χ0) is 12.1. The molecule has 2 heterocycles. The number of morpholine rings is 1. The van der Waals surface area contributed by atoms with E-state index in [0.29, 0.717) is 6.54 Å². The van der Waals surface area contributed by atoms with Crippen LogP contribution in [-0.2, 0) is 11.2 Å². The summed E-state index contributed by atoms with van der Waals surface area (Å²) in [5, 5.41) is 0. The standard InChI is InChI=1S/C12H21N3O2/c1-10(8-13)11-9-14-12(17-11)2-3-15-4-6-16-7-5-15/h9-10H,2-8,13H2,1H3. The van der Waals surface area contributed by atoms with Crippen molar-refractivity contribution in [2.75, 3.05) is 39.4 Å². The number of hydrogen-bond acceptors (Lipinski definition) is 5. The summed E-state index contributed by atoms with van der Waals surface area (Å²) in [5.74, 6) is 1.95. The highest BCUT2D eigenvalue weighted by molar-refractivity contribution is 5.01. The van der Waals surface area contributed by atoms with Gasteiger partial charge in [0.15, 0.2) is 5.89 Å². The molecule has 1 saturated heterocycles. The maximum Gasteiger partial charge on any atom is 0.195 e. The zero-order valence-corrected chi connectivity index (χ0v) is 10.4. The van der Waals surface area contributed by atoms with Crippen LogP contribution in [0, 0.1) is 0 Å². The lowest BCUT2D eigenvalue weighted by molar-refractivity contribution is 0.0377. The first-order valence-corrected chi connectivity index (χ1v) is 6.24. The third-order valence-electron chi connectivity index (χ3n) is 3.16. The number of nitrogens with two attached hydrogens (primary N) is 1. The van der Waals surface area contributed by atoms with Gasteiger partial charge in [0.05, 0.1) is 19.4 Å². The van der Waals surface area contributed by atoms with Gasteiger partial charge in [-0.05, 0) is 0 Å². The molecule has 0 aromatic carbocycles. The minimum atomic E-state index is 0.250. The van der Waals surface area contributed by atoms with E-state index in [1.807, 2.05) is 6.92 Å². The average Bonchev–Trinajstić information content (AvgIpc) is 2.85. The Bertz CT molecular complexity index is 334. The Balaban J connectivity index is 1.80. The fourth-order valence-electron chi connectivity index (χ4n) is 1.86. The molecule has 2 rings (SSSR count). The third-order valence-corrected chi connectivity index (χ3v) is 3.16. The Morgan fingerprint density at radius 3 is 2.94 bits per heavy atom. The van der Waals surface area contributed by atoms with Crippen LogP contribution in [-0.4, -0.2) is 49.3 Å². The number of ether oxygens (including phenoxy) is 1. The van der Waals surface area contributed by atoms with Crippen molar-refractivity contribution in [2.24, 2.45) is 5.73 Å². The van der Waals surface area contributed by atoms with Gasteiger partial charge in [-0.15, -0.1) is 0 Å². The Kier molecular flexibility index (Phi) is 4.53. The van der Waals surface area contributed by atoms with Crippen molar-refractivity contribution in [3.8, 4) is 0 Å². The van der Waals surface area contributed by atoms with Gasteiger partial charge < -0.3 is 14.9 Å². The molecule has 0 radical (unpaired) electrons. The van der Waals surface area contributed by atoms with E-state index in [1.54, 1.807) is 6.20 Å². The molecule has 96 valence electrons. The number of aromatic nitrogens is 1. The molecule has 1 unspecified atom stereocenters. The van der Waals surface area contributed by atoms with Gasteiger partial charge in [0, 0.05) is 38.5 Å². The average molecular weight is 239 g/mol. The monoisotopic (exact) mass is 239 g/mol. The van der Waals surface area contributed by atoms with Crippen molar-refractivity contribution in [1.29, 1.82) is 0 Å². The lowest BCUT2D eigenvalue weighted by Gasteiger charge is -2.25. The molecule has 1 aliphatic rings. The summed E-state index contributed by atoms with van der Waals surface area (Å²) in [4.78, 5) is 6.66. The zero-order valence-electron chi connectivity index (χ0n) is 10.4. The summed E-state index contributed by atoms with van der Waals surface area (Å²) < 4.78 is 11.0. The Morgan fingerprint density at radius 2 is 2.24 bits per heavy atom. The van der Waals surface area contributed by atoms with Crippen LogP contribution in [0.3, 0.4) is 0 Å². The Labute approximate surface area is 102 Å². The Hall–Kier alpha value is -0.910. The number of nitrogens with zero attached hydrogens (tertiary/aromatic N) is 2. The number of hydrogen-bond donors (Lipinski definition) is 1. The van der Waals surface area contributed by atoms with Crippen LogP contribution in [0.4, 0.5) is 0 Å². The van der Waals surface area contributed by atoms with E-state index in [0.717, 1.165) is 50.9 Å². The molecular formula is C12H21N3O2. The van der Waals surface area contributed by atoms with Crippen molar-refractivity contribution in [3.63, 3.8) is 0 Å². The first kappa shape index (κ1) is 12.5. The van der Waals surface area contributed by atoms with Crippen molar-refractivity contribution in [3.05, 3.63) is 17.8 Å². The van der Waals surface area contributed by atoms with Gasteiger partial charge in [-0.3, -0.25) is 4.90 Å². The van der Waals surface area contributed by atoms with Gasteiger partial charge in [0.2, 0.25) is 0 Å². The molecule has 0 saturated carbocycles. The first-order chi connectivity index (χ1) is 8.29. The second-order valence-electron chi connectivity index (χ2n) is 4.50. The predicted molar refractivity (Wildman–Crippen MR) is 64.9 cm³/mol. The normalized spacial score (nSPS) is 19.4. The van der Waals surface area contributed by atoms with Crippen LogP contribution in [0.25, 0.3) is 0 Å². The molecule has 17 heavy (non-hydrogen) atoms. The minimum Gasteiger partial charge on any atom is -0.445 e. The van der Waals surface area contributed by atoms with Crippen LogP contribution in [0.5, 0.6) is 0 Å². The second-order valence-corrected chi connectivity index (χ2v) is 4.50. The van der Waals surface area contributed by atoms with Crippen molar-refractivity contribution >= 4 is 0 Å². The highest BCUT2D eigenvalue weighted by Gasteiger charge is 2.13. The van der Waals surface area contributed by atoms with Crippen LogP contribution in [0.2, 0.25) is 0 Å². The molecular weight excluding hydrogens is 218 g/mol. The van der Waals surface area contributed by atoms with Gasteiger partial charge in [-0.1, -0.05) is 6.92 Å². The molecule has 0 spiro atoms. The van der Waals surface area contributed by atoms with Crippen LogP contribution in [0.1, 0.15) is 24.5 Å². The third kappa shape index (κ3) is 3.52. The summed E-state index contributed by atoms with van der Waals surface area (Å²) in [6, 6.07) is 0. The largest absolute Gasteiger partial charge is 0.445 e. The maximum absolute atomic E-state index is 5.68. The van der Waals surface area contributed by atoms with Gasteiger partial charge in [0.1, 0.15) is 5.76 Å². The van der Waals surface area contributed by atoms with E-state index in [9.17, 15) is 0 Å². The Morgan fingerprint density at radius 1 is 1.47 bits per heavy atom. The summed E-state index contributed by atoms with van der Waals surface area (Å²) in [5.41, 5.74) is 5.59. The lowest BCUT2D eigenvalue weighted by Crippen LogP contribution is -2.37. The van der Waals surface area contributed by atoms with Crippen LogP contribution in [0.15, 0.2) is 10.6 Å². The molecule has 5 heteroatoms. The van der Waals surface area contributed by atoms with Crippen molar-refractivity contribution < 1.29 is 9.15 Å². The second kappa shape index (κ2) is 6.14. The molecule has 0 amide bonds. The minimum absolute atomic E-state index is 0.250. The summed E-state index contributed by atoms with van der Waals surface area (Å²) in [7, 11) is 0. The highest BCUT2D eigenvalue weighted by Crippen LogP contribution is 2.15. The van der Waals surface area contributed by atoms with Gasteiger partial charge in [-0.2, -0.15) is 0 Å². The first-order valence-electron chi connectivity index (χ1n) is 6.24. The fraction of sp³-hybridized carbons (Fsp3) is 0.750. The summed E-state index contributed by atoms with van der Waals surface area (Å²) in [6.45, 7) is 7.31. The molecule has 1 atom stereocenters. The summed E-state index contributed by atoms with van der Waals surface area (Å²) >= 11 is 0.